The summed E-state index contributed by atoms with van der Waals surface area (Å²) < 4.78 is 70.0. The summed E-state index contributed by atoms with van der Waals surface area (Å²) in [7, 11) is 8.67. The molecule has 0 atom stereocenters. The van der Waals surface area contributed by atoms with Crippen LogP contribution in [0.4, 0.5) is 0 Å². The molecule has 3 aliphatic rings. The van der Waals surface area contributed by atoms with Crippen molar-refractivity contribution in [2.24, 2.45) is 0 Å². The minimum absolute atomic E-state index is 0.747. The molecule has 0 aromatic heterocycles. The second-order valence-corrected chi connectivity index (χ2v) is 32.3. The fourth-order valence-electron chi connectivity index (χ4n) is 13.3. The molecule has 0 amide bonds. The molecule has 0 radical (unpaired) electrons. The van der Waals surface area contributed by atoms with Crippen molar-refractivity contribution in [1.82, 2.24) is 0 Å². The van der Waals surface area contributed by atoms with E-state index in [1.165, 1.54) is 168 Å². The molecule has 0 heterocycles. The van der Waals surface area contributed by atoms with Gasteiger partial charge in [0, 0.05) is 54.9 Å². The maximum Gasteiger partial charge on any atom is 0.119 e. The lowest BCUT2D eigenvalue weighted by molar-refractivity contribution is 0.184. The molecule has 0 fully saturated rings. The van der Waals surface area contributed by atoms with Gasteiger partial charge >= 0.3 is 0 Å². The molecular weight excluding hydrogens is 1630 g/mol. The summed E-state index contributed by atoms with van der Waals surface area (Å²) in [4.78, 5) is 0. The maximum atomic E-state index is 5.72. The van der Waals surface area contributed by atoms with Gasteiger partial charge in [0.25, 0.3) is 0 Å². The molecule has 13 heteroatoms. The third-order valence-corrected chi connectivity index (χ3v) is 21.7. The van der Waals surface area contributed by atoms with E-state index in [4.69, 9.17) is 61.6 Å². The summed E-state index contributed by atoms with van der Waals surface area (Å²) in [6.45, 7) is 40.8. The van der Waals surface area contributed by atoms with E-state index in [0.717, 1.165) is 229 Å². The van der Waals surface area contributed by atoms with Crippen LogP contribution < -0.4 is 42.6 Å². The average Bonchev–Trinajstić information content (AvgIpc) is 0.826. The van der Waals surface area contributed by atoms with Crippen LogP contribution in [0.1, 0.15) is 255 Å². The van der Waals surface area contributed by atoms with E-state index in [1.54, 1.807) is 35.5 Å². The average molecular weight is 1790 g/mol. The number of ether oxygens (including phenoxy) is 13. The lowest BCUT2D eigenvalue weighted by atomic mass is 9.89. The Kier molecular flexibility index (Phi) is 66.4. The van der Waals surface area contributed by atoms with Crippen LogP contribution in [0.3, 0.4) is 0 Å². The van der Waals surface area contributed by atoms with Crippen LogP contribution in [0.25, 0.3) is 36.5 Å². The van der Waals surface area contributed by atoms with Crippen molar-refractivity contribution in [3.05, 3.63) is 306 Å². The lowest BCUT2D eigenvalue weighted by Crippen LogP contribution is -2.08. The molecule has 714 valence electrons. The van der Waals surface area contributed by atoms with E-state index < -0.39 is 0 Å². The molecule has 0 unspecified atom stereocenters. The van der Waals surface area contributed by atoms with Crippen molar-refractivity contribution in [2.45, 2.75) is 227 Å². The number of aryl methyl sites for hydroxylation is 6. The number of hydrogen-bond donors (Lipinski definition) is 0. The second-order valence-electron chi connectivity index (χ2n) is 32.3. The summed E-state index contributed by atoms with van der Waals surface area (Å²) >= 11 is 0. The molecule has 13 nitrogen and oxygen atoms in total. The van der Waals surface area contributed by atoms with Gasteiger partial charge < -0.3 is 61.6 Å². The fraction of sp³-hybridized carbons (Fsp3) is 0.441. The van der Waals surface area contributed by atoms with Crippen molar-refractivity contribution in [2.75, 3.05) is 115 Å². The van der Waals surface area contributed by atoms with Crippen molar-refractivity contribution < 1.29 is 61.6 Å². The van der Waals surface area contributed by atoms with E-state index in [9.17, 15) is 0 Å². The van der Waals surface area contributed by atoms with Crippen molar-refractivity contribution in [1.29, 1.82) is 0 Å². The Labute approximate surface area is 793 Å². The van der Waals surface area contributed by atoms with Gasteiger partial charge in [0.1, 0.15) is 51.7 Å². The van der Waals surface area contributed by atoms with Crippen LogP contribution >= 0.6 is 0 Å². The molecule has 9 aromatic carbocycles. The Balaban J connectivity index is 0.000000310. The number of unbranched alkanes of at least 4 members (excludes halogenated alkanes) is 17. The van der Waals surface area contributed by atoms with Crippen LogP contribution in [-0.2, 0) is 57.5 Å². The van der Waals surface area contributed by atoms with E-state index in [1.807, 2.05) is 188 Å². The summed E-state index contributed by atoms with van der Waals surface area (Å²) in [5.41, 5.74) is 15.6. The third-order valence-electron chi connectivity index (χ3n) is 21.7. The van der Waals surface area contributed by atoms with Gasteiger partial charge in [0.2, 0.25) is 0 Å². The Morgan fingerprint density at radius 2 is 0.412 bits per heavy atom. The Bertz CT molecular complexity index is 4290. The van der Waals surface area contributed by atoms with Crippen molar-refractivity contribution in [3.63, 3.8) is 0 Å². The minimum Gasteiger partial charge on any atom is -0.497 e. The Hall–Kier alpha value is -10.5. The highest BCUT2D eigenvalue weighted by molar-refractivity contribution is 5.53. The number of rotatable bonds is 56. The third kappa shape index (κ3) is 54.2. The topological polar surface area (TPSA) is 120 Å². The highest BCUT2D eigenvalue weighted by Gasteiger charge is 2.16. The molecule has 3 aliphatic carbocycles. The molecule has 9 aromatic rings. The number of methoxy groups -OCH3 is 5. The summed E-state index contributed by atoms with van der Waals surface area (Å²) in [5, 5.41) is 0. The summed E-state index contributed by atoms with van der Waals surface area (Å²) in [5.74, 6) is 8.68. The first-order chi connectivity index (χ1) is 64.4. The van der Waals surface area contributed by atoms with Gasteiger partial charge in [0.15, 0.2) is 0 Å². The van der Waals surface area contributed by atoms with E-state index in [2.05, 4.69) is 116 Å². The monoisotopic (exact) mass is 1790 g/mol. The second kappa shape index (κ2) is 77.1. The summed E-state index contributed by atoms with van der Waals surface area (Å²) in [6.07, 6.45) is 48.1. The highest BCUT2D eigenvalue weighted by atomic mass is 16.5. The molecule has 0 spiro atoms. The number of hydrogen-bond acceptors (Lipinski definition) is 13. The van der Waals surface area contributed by atoms with Gasteiger partial charge in [-0.05, 0) is 298 Å². The zero-order valence-corrected chi connectivity index (χ0v) is 82.0. The van der Waals surface area contributed by atoms with E-state index >= 15 is 0 Å². The maximum absolute atomic E-state index is 5.72. The van der Waals surface area contributed by atoms with Crippen LogP contribution in [0, 0.1) is 0 Å². The van der Waals surface area contributed by atoms with Gasteiger partial charge in [-0.25, -0.2) is 0 Å². The smallest absolute Gasteiger partial charge is 0.119 e. The predicted octanol–water partition coefficient (Wildman–Crippen LogP) is 30.8. The normalized spacial score (nSPS) is 11.0. The molecule has 0 saturated carbocycles. The predicted molar refractivity (Wildman–Crippen MR) is 557 cm³/mol. The van der Waals surface area contributed by atoms with Gasteiger partial charge in [-0.3, -0.25) is 0 Å². The van der Waals surface area contributed by atoms with E-state index in [-0.39, 0.29) is 0 Å². The molecule has 0 N–H and O–H groups in total. The molecule has 12 rings (SSSR count). The minimum atomic E-state index is 0.747. The first kappa shape index (κ1) is 113. The first-order valence-electron chi connectivity index (χ1n) is 48.6. The van der Waals surface area contributed by atoms with Gasteiger partial charge in [-0.15, -0.1) is 0 Å². The largest absolute Gasteiger partial charge is 0.497 e. The number of fused-ring (bicyclic) bond motifs is 3. The Morgan fingerprint density at radius 1 is 0.191 bits per heavy atom. The van der Waals surface area contributed by atoms with Crippen LogP contribution in [0.5, 0.6) is 51.7 Å². The van der Waals surface area contributed by atoms with Crippen molar-refractivity contribution >= 4 is 36.5 Å². The number of benzene rings is 9. The zero-order chi connectivity index (χ0) is 94.3. The quantitative estimate of drug-likeness (QED) is 0.0337. The van der Waals surface area contributed by atoms with Gasteiger partial charge in [-0.1, -0.05) is 272 Å². The van der Waals surface area contributed by atoms with Crippen LogP contribution in [0.15, 0.2) is 240 Å². The molecule has 0 saturated heterocycles. The molecular formula is C118H164O13. The van der Waals surface area contributed by atoms with Gasteiger partial charge in [-0.2, -0.15) is 0 Å². The van der Waals surface area contributed by atoms with Crippen molar-refractivity contribution in [3.8, 4) is 51.7 Å². The molecule has 0 aliphatic heterocycles. The highest BCUT2D eigenvalue weighted by Crippen LogP contribution is 2.30. The molecule has 0 bridgehead atoms. The van der Waals surface area contributed by atoms with Crippen LogP contribution in [0.2, 0.25) is 0 Å². The summed E-state index contributed by atoms with van der Waals surface area (Å²) in [6, 6.07) is 67.2. The SMILES string of the molecule is C=Cc1ccc(OCCC)cc1.C=Cc1ccc(OCCCC)cc1.C=Cc1ccc(OCCCCCCCCOC)cc1.C=Cc1ccc(OCCCCOC)cc1.C=Cc1cccc(OCCCCCC)c1.C=Cc1cccc(OCCCCCCOC)c1.CCCCCCOc1ccc2c(c1)CC2.COCCCCOc1ccc2c(c1)CC2.COc1ccc2c(c1)CC2. The lowest BCUT2D eigenvalue weighted by Gasteiger charge is -2.19. The molecule has 131 heavy (non-hydrogen) atoms. The fourth-order valence-corrected chi connectivity index (χ4v) is 13.3. The Morgan fingerprint density at radius 3 is 0.672 bits per heavy atom. The van der Waals surface area contributed by atoms with Gasteiger partial charge in [0.05, 0.1) is 60.0 Å². The zero-order valence-electron chi connectivity index (χ0n) is 82.0. The van der Waals surface area contributed by atoms with E-state index in [0.29, 0.717) is 0 Å². The van der Waals surface area contributed by atoms with Crippen LogP contribution in [-0.4, -0.2) is 115 Å². The first-order valence-corrected chi connectivity index (χ1v) is 48.6. The standard InChI is InChI=1S/C17H26O2.C15H22O2.2C14H20O.2C13H18O2.C12H16O.C11H14O.C9H10O/c1-3-16-10-12-17(13-11-16)19-15-9-7-5-4-6-8-14-18-2;1-3-14-9-8-10-15(13-14)17-12-7-5-4-6-11-16-2;1-2-3-4-5-10-15-14-9-8-12-6-7-13(12)11-14;1-3-5-6-7-11-15-14-10-8-9-13(4-2)12-14;1-14-8-2-3-9-15-13-7-6-11-4-5-12(11)10-13;1-3-12-6-8-13(9-7-12)15-11-5-4-10-14-2;1-3-5-10-13-12-8-6-11(4-2)7-9-12;1-3-9-12-11-7-5-10(4-2)6-8-11;1-10-9-5-4-7-2-3-8(7)6-9/h3,10-13H,1,4-9,14-15H2,2H3;3,8-10,13H,1,4-7,11-12H2,2H3;8-9,11H,2-7,10H2,1H3;4,8-10,12H,2-3,5-7,11H2,1H3;6-7,10H,2-5,8-9H2,1H3;3,6-9H,1,4-5,10-11H2,2H3;4,6-9H,2-3,5,10H2,1H3;4-8H,2-3,9H2,1H3;4-6H,2-3H2,1H3.